The highest BCUT2D eigenvalue weighted by molar-refractivity contribution is 5.84. The van der Waals surface area contributed by atoms with Crippen LogP contribution in [-0.4, -0.2) is 64.7 Å². The van der Waals surface area contributed by atoms with E-state index < -0.39 is 5.60 Å². The molecule has 3 atom stereocenters. The van der Waals surface area contributed by atoms with Crippen LogP contribution in [0.3, 0.4) is 0 Å². The number of nitrogens with zero attached hydrogens (tertiary/aromatic N) is 2. The van der Waals surface area contributed by atoms with E-state index in [1.165, 1.54) is 0 Å². The molecule has 1 N–H and O–H groups in total. The highest BCUT2D eigenvalue weighted by atomic mass is 16.6. The maximum absolute atomic E-state index is 12.5. The molecule has 0 aromatic rings. The average molecular weight is 366 g/mol. The number of carbonyl (C=O) groups excluding carboxylic acids is 2. The molecule has 26 heavy (non-hydrogen) atoms. The molecule has 3 heterocycles. The summed E-state index contributed by atoms with van der Waals surface area (Å²) in [6.07, 6.45) is 4.92. The first-order valence-electron chi connectivity index (χ1n) is 10.2. The highest BCUT2D eigenvalue weighted by Gasteiger charge is 2.45. The number of rotatable bonds is 4. The van der Waals surface area contributed by atoms with Gasteiger partial charge in [0.05, 0.1) is 6.04 Å². The summed E-state index contributed by atoms with van der Waals surface area (Å²) in [5.74, 6) is 0.779. The van der Waals surface area contributed by atoms with Crippen LogP contribution in [0.5, 0.6) is 0 Å². The van der Waals surface area contributed by atoms with E-state index in [9.17, 15) is 9.59 Å². The predicted molar refractivity (Wildman–Crippen MR) is 101 cm³/mol. The Hall–Kier alpha value is -1.30. The maximum Gasteiger partial charge on any atom is 0.410 e. The third-order valence-corrected chi connectivity index (χ3v) is 5.95. The van der Waals surface area contributed by atoms with Crippen molar-refractivity contribution in [2.24, 2.45) is 5.92 Å². The third kappa shape index (κ3) is 4.16. The average Bonchev–Trinajstić information content (AvgIpc) is 3.01. The predicted octanol–water partition coefficient (Wildman–Crippen LogP) is 2.76. The third-order valence-electron chi connectivity index (χ3n) is 5.95. The molecule has 2 amide bonds. The second kappa shape index (κ2) is 7.37. The number of fused-ring (bicyclic) bond motifs is 2. The van der Waals surface area contributed by atoms with E-state index in [0.717, 1.165) is 45.2 Å². The second-order valence-corrected chi connectivity index (χ2v) is 9.48. The lowest BCUT2D eigenvalue weighted by atomic mass is 9.90. The van der Waals surface area contributed by atoms with Gasteiger partial charge in [-0.25, -0.2) is 4.79 Å². The Balaban J connectivity index is 1.50. The summed E-state index contributed by atoms with van der Waals surface area (Å²) in [6.45, 7) is 11.6. The van der Waals surface area contributed by atoms with E-state index in [1.807, 2.05) is 30.6 Å². The van der Waals surface area contributed by atoms with Crippen LogP contribution in [0.15, 0.2) is 0 Å². The van der Waals surface area contributed by atoms with E-state index in [4.69, 9.17) is 4.74 Å². The molecule has 2 bridgehead atoms. The molecular formula is C20H35N3O3. The Morgan fingerprint density at radius 3 is 2.31 bits per heavy atom. The van der Waals surface area contributed by atoms with Gasteiger partial charge in [-0.2, -0.15) is 0 Å². The van der Waals surface area contributed by atoms with Gasteiger partial charge in [0, 0.05) is 24.7 Å². The summed E-state index contributed by atoms with van der Waals surface area (Å²) in [5.41, 5.74) is -0.444. The number of amides is 2. The van der Waals surface area contributed by atoms with Crippen molar-refractivity contribution in [3.8, 4) is 0 Å². The summed E-state index contributed by atoms with van der Waals surface area (Å²) >= 11 is 0. The fourth-order valence-electron chi connectivity index (χ4n) is 4.78. The fraction of sp³-hybridized carbons (Fsp3) is 0.900. The molecule has 0 aromatic heterocycles. The zero-order valence-electron chi connectivity index (χ0n) is 17.0. The quantitative estimate of drug-likeness (QED) is 0.832. The lowest BCUT2D eigenvalue weighted by Gasteiger charge is -2.39. The van der Waals surface area contributed by atoms with Crippen LogP contribution in [-0.2, 0) is 9.53 Å². The van der Waals surface area contributed by atoms with Gasteiger partial charge in [0.15, 0.2) is 0 Å². The SMILES string of the molecule is CC(C)N1CCC(NCC2CC3CCC(C2)N3C(=O)OC(C)(C)C)C1=O. The second-order valence-electron chi connectivity index (χ2n) is 9.48. The smallest absolute Gasteiger partial charge is 0.410 e. The summed E-state index contributed by atoms with van der Waals surface area (Å²) in [7, 11) is 0. The normalized spacial score (nSPS) is 31.8. The van der Waals surface area contributed by atoms with Crippen LogP contribution in [0.2, 0.25) is 0 Å². The van der Waals surface area contributed by atoms with E-state index in [1.54, 1.807) is 0 Å². The maximum atomic E-state index is 12.5. The van der Waals surface area contributed by atoms with Gasteiger partial charge in [-0.1, -0.05) is 0 Å². The van der Waals surface area contributed by atoms with Crippen molar-refractivity contribution in [1.82, 2.24) is 15.1 Å². The van der Waals surface area contributed by atoms with Crippen LogP contribution in [0.25, 0.3) is 0 Å². The molecule has 3 rings (SSSR count). The highest BCUT2D eigenvalue weighted by Crippen LogP contribution is 2.39. The van der Waals surface area contributed by atoms with Crippen LogP contribution in [0.1, 0.15) is 66.7 Å². The molecule has 0 spiro atoms. The van der Waals surface area contributed by atoms with Gasteiger partial charge in [0.1, 0.15) is 5.60 Å². The molecule has 0 aliphatic carbocycles. The Morgan fingerprint density at radius 2 is 1.81 bits per heavy atom. The molecular weight excluding hydrogens is 330 g/mol. The molecule has 3 fully saturated rings. The van der Waals surface area contributed by atoms with E-state index in [-0.39, 0.29) is 24.1 Å². The number of piperidine rings is 1. The summed E-state index contributed by atoms with van der Waals surface area (Å²) in [4.78, 5) is 28.9. The molecule has 0 aromatic carbocycles. The number of hydrogen-bond acceptors (Lipinski definition) is 4. The first-order valence-corrected chi connectivity index (χ1v) is 10.2. The Morgan fingerprint density at radius 1 is 1.19 bits per heavy atom. The zero-order valence-corrected chi connectivity index (χ0v) is 17.0. The van der Waals surface area contributed by atoms with Crippen molar-refractivity contribution >= 4 is 12.0 Å². The number of ether oxygens (including phenoxy) is 1. The largest absolute Gasteiger partial charge is 0.444 e. The van der Waals surface area contributed by atoms with E-state index in [2.05, 4.69) is 19.2 Å². The monoisotopic (exact) mass is 365 g/mol. The van der Waals surface area contributed by atoms with Crippen LogP contribution >= 0.6 is 0 Å². The number of likely N-dealkylation sites (tertiary alicyclic amines) is 1. The topological polar surface area (TPSA) is 61.9 Å². The summed E-state index contributed by atoms with van der Waals surface area (Å²) in [5, 5.41) is 3.51. The number of hydrogen-bond donors (Lipinski definition) is 1. The molecule has 3 unspecified atom stereocenters. The molecule has 0 saturated carbocycles. The molecule has 3 saturated heterocycles. The Kier molecular flexibility index (Phi) is 5.52. The molecule has 6 heteroatoms. The Bertz CT molecular complexity index is 529. The van der Waals surface area contributed by atoms with Crippen molar-refractivity contribution < 1.29 is 14.3 Å². The van der Waals surface area contributed by atoms with E-state index in [0.29, 0.717) is 18.0 Å². The standard InChI is InChI=1S/C20H35N3O3/c1-13(2)22-9-8-17(18(22)24)21-12-14-10-15-6-7-16(11-14)23(15)19(25)26-20(3,4)5/h13-17,21H,6-12H2,1-5H3. The van der Waals surface area contributed by atoms with Gasteiger partial charge in [-0.3, -0.25) is 4.79 Å². The molecule has 6 nitrogen and oxygen atoms in total. The van der Waals surface area contributed by atoms with E-state index >= 15 is 0 Å². The van der Waals surface area contributed by atoms with Gasteiger partial charge < -0.3 is 19.9 Å². The number of nitrogens with one attached hydrogen (secondary N) is 1. The first kappa shape index (κ1) is 19.5. The zero-order chi connectivity index (χ0) is 19.1. The fourth-order valence-corrected chi connectivity index (χ4v) is 4.78. The lowest BCUT2D eigenvalue weighted by molar-refractivity contribution is -0.130. The minimum atomic E-state index is -0.444. The van der Waals surface area contributed by atoms with Gasteiger partial charge in [-0.05, 0) is 79.2 Å². The van der Waals surface area contributed by atoms with Gasteiger partial charge in [-0.15, -0.1) is 0 Å². The molecule has 148 valence electrons. The van der Waals surface area contributed by atoms with Gasteiger partial charge in [0.25, 0.3) is 0 Å². The summed E-state index contributed by atoms with van der Waals surface area (Å²) < 4.78 is 5.60. The molecule has 0 radical (unpaired) electrons. The van der Waals surface area contributed by atoms with Gasteiger partial charge in [0.2, 0.25) is 5.91 Å². The van der Waals surface area contributed by atoms with Crippen molar-refractivity contribution in [3.63, 3.8) is 0 Å². The van der Waals surface area contributed by atoms with Crippen LogP contribution in [0.4, 0.5) is 4.79 Å². The minimum Gasteiger partial charge on any atom is -0.444 e. The van der Waals surface area contributed by atoms with Crippen molar-refractivity contribution in [1.29, 1.82) is 0 Å². The van der Waals surface area contributed by atoms with Gasteiger partial charge >= 0.3 is 6.09 Å². The minimum absolute atomic E-state index is 0.0288. The lowest BCUT2D eigenvalue weighted by Crippen LogP contribution is -2.50. The Labute approximate surface area is 157 Å². The van der Waals surface area contributed by atoms with Crippen molar-refractivity contribution in [2.75, 3.05) is 13.1 Å². The van der Waals surface area contributed by atoms with Crippen molar-refractivity contribution in [2.45, 2.75) is 96.5 Å². The van der Waals surface area contributed by atoms with Crippen LogP contribution in [0, 0.1) is 5.92 Å². The molecule has 3 aliphatic rings. The van der Waals surface area contributed by atoms with Crippen LogP contribution < -0.4 is 5.32 Å². The first-order chi connectivity index (χ1) is 12.2. The molecule has 3 aliphatic heterocycles. The van der Waals surface area contributed by atoms with Crippen molar-refractivity contribution in [3.05, 3.63) is 0 Å². The number of carbonyl (C=O) groups is 2. The summed E-state index contributed by atoms with van der Waals surface area (Å²) in [6, 6.07) is 0.838.